The molecule has 1 aromatic carbocycles. The SMILES string of the molecule is COC(=O)CC[C@@H]1CCC[C@H]1c1ccccc1. The molecule has 17 heavy (non-hydrogen) atoms. The van der Waals surface area contributed by atoms with E-state index in [2.05, 4.69) is 30.3 Å². The van der Waals surface area contributed by atoms with Gasteiger partial charge in [-0.2, -0.15) is 0 Å². The van der Waals surface area contributed by atoms with Crippen molar-refractivity contribution >= 4 is 5.97 Å². The molecular formula is C15H20O2. The Bertz CT molecular complexity index is 358. The Balaban J connectivity index is 1.96. The van der Waals surface area contributed by atoms with Crippen LogP contribution >= 0.6 is 0 Å². The fourth-order valence-corrected chi connectivity index (χ4v) is 2.93. The zero-order chi connectivity index (χ0) is 12.1. The lowest BCUT2D eigenvalue weighted by Gasteiger charge is -2.19. The lowest BCUT2D eigenvalue weighted by atomic mass is 9.86. The number of carbonyl (C=O) groups is 1. The average Bonchev–Trinajstić information content (AvgIpc) is 2.85. The van der Waals surface area contributed by atoms with Gasteiger partial charge >= 0.3 is 5.97 Å². The molecule has 0 saturated heterocycles. The maximum atomic E-state index is 11.2. The maximum absolute atomic E-state index is 11.2. The summed E-state index contributed by atoms with van der Waals surface area (Å²) in [6.45, 7) is 0. The van der Waals surface area contributed by atoms with Gasteiger partial charge in [-0.1, -0.05) is 36.8 Å². The van der Waals surface area contributed by atoms with E-state index in [0.29, 0.717) is 18.3 Å². The maximum Gasteiger partial charge on any atom is 0.305 e. The normalized spacial score (nSPS) is 23.6. The molecule has 2 heteroatoms. The van der Waals surface area contributed by atoms with Crippen LogP contribution in [0.3, 0.4) is 0 Å². The van der Waals surface area contributed by atoms with Gasteiger partial charge in [0.2, 0.25) is 0 Å². The molecule has 0 radical (unpaired) electrons. The first-order valence-electron chi connectivity index (χ1n) is 6.43. The third kappa shape index (κ3) is 3.09. The zero-order valence-corrected chi connectivity index (χ0v) is 10.4. The number of carbonyl (C=O) groups excluding carboxylic acids is 1. The van der Waals surface area contributed by atoms with Crippen LogP contribution in [-0.4, -0.2) is 13.1 Å². The summed E-state index contributed by atoms with van der Waals surface area (Å²) in [4.78, 5) is 11.2. The van der Waals surface area contributed by atoms with Crippen molar-refractivity contribution < 1.29 is 9.53 Å². The Labute approximate surface area is 103 Å². The fourth-order valence-electron chi connectivity index (χ4n) is 2.93. The molecular weight excluding hydrogens is 212 g/mol. The molecule has 2 nitrogen and oxygen atoms in total. The number of ether oxygens (including phenoxy) is 1. The van der Waals surface area contributed by atoms with Crippen LogP contribution in [0.25, 0.3) is 0 Å². The summed E-state index contributed by atoms with van der Waals surface area (Å²) in [6, 6.07) is 10.7. The van der Waals surface area contributed by atoms with Gasteiger partial charge in [0.15, 0.2) is 0 Å². The van der Waals surface area contributed by atoms with Crippen molar-refractivity contribution in [2.75, 3.05) is 7.11 Å². The summed E-state index contributed by atoms with van der Waals surface area (Å²) < 4.78 is 4.71. The van der Waals surface area contributed by atoms with E-state index in [0.717, 1.165) is 6.42 Å². The number of rotatable bonds is 4. The van der Waals surface area contributed by atoms with Gasteiger partial charge in [-0.25, -0.2) is 0 Å². The van der Waals surface area contributed by atoms with Gasteiger partial charge in [-0.05, 0) is 36.7 Å². The summed E-state index contributed by atoms with van der Waals surface area (Å²) in [5.74, 6) is 1.21. The van der Waals surface area contributed by atoms with Crippen LogP contribution in [0, 0.1) is 5.92 Å². The lowest BCUT2D eigenvalue weighted by molar-refractivity contribution is -0.140. The molecule has 0 aliphatic heterocycles. The van der Waals surface area contributed by atoms with Crippen LogP contribution in [0.4, 0.5) is 0 Å². The topological polar surface area (TPSA) is 26.3 Å². The van der Waals surface area contributed by atoms with E-state index in [4.69, 9.17) is 4.74 Å². The number of hydrogen-bond acceptors (Lipinski definition) is 2. The van der Waals surface area contributed by atoms with Crippen molar-refractivity contribution in [3.8, 4) is 0 Å². The van der Waals surface area contributed by atoms with Crippen molar-refractivity contribution in [3.63, 3.8) is 0 Å². The third-order valence-electron chi connectivity index (χ3n) is 3.83. The molecule has 1 aliphatic carbocycles. The van der Waals surface area contributed by atoms with Gasteiger partial charge in [0.1, 0.15) is 0 Å². The number of hydrogen-bond donors (Lipinski definition) is 0. The molecule has 1 aromatic rings. The Hall–Kier alpha value is -1.31. The fraction of sp³-hybridized carbons (Fsp3) is 0.533. The molecule has 0 bridgehead atoms. The number of esters is 1. The average molecular weight is 232 g/mol. The number of benzene rings is 1. The predicted molar refractivity (Wildman–Crippen MR) is 67.8 cm³/mol. The highest BCUT2D eigenvalue weighted by Gasteiger charge is 2.28. The zero-order valence-electron chi connectivity index (χ0n) is 10.4. The second kappa shape index (κ2) is 5.85. The molecule has 1 saturated carbocycles. The van der Waals surface area contributed by atoms with E-state index < -0.39 is 0 Å². The molecule has 0 aromatic heterocycles. The van der Waals surface area contributed by atoms with Gasteiger partial charge in [0, 0.05) is 6.42 Å². The highest BCUT2D eigenvalue weighted by atomic mass is 16.5. The summed E-state index contributed by atoms with van der Waals surface area (Å²) in [5, 5.41) is 0. The Morgan fingerprint density at radius 2 is 2.06 bits per heavy atom. The van der Waals surface area contributed by atoms with Crippen molar-refractivity contribution in [2.45, 2.75) is 38.0 Å². The summed E-state index contributed by atoms with van der Waals surface area (Å²) in [7, 11) is 1.46. The van der Waals surface area contributed by atoms with E-state index in [1.54, 1.807) is 0 Å². The van der Waals surface area contributed by atoms with E-state index in [1.165, 1.54) is 31.9 Å². The smallest absolute Gasteiger partial charge is 0.305 e. The molecule has 0 unspecified atom stereocenters. The number of methoxy groups -OCH3 is 1. The Morgan fingerprint density at radius 3 is 2.76 bits per heavy atom. The van der Waals surface area contributed by atoms with Crippen LogP contribution in [-0.2, 0) is 9.53 Å². The van der Waals surface area contributed by atoms with Gasteiger partial charge in [0.05, 0.1) is 7.11 Å². The van der Waals surface area contributed by atoms with Gasteiger partial charge in [0.25, 0.3) is 0 Å². The highest BCUT2D eigenvalue weighted by Crippen LogP contribution is 2.41. The molecule has 1 aliphatic rings. The molecule has 2 atom stereocenters. The Kier molecular flexibility index (Phi) is 4.18. The monoisotopic (exact) mass is 232 g/mol. The minimum Gasteiger partial charge on any atom is -0.469 e. The first-order valence-corrected chi connectivity index (χ1v) is 6.43. The van der Waals surface area contributed by atoms with Crippen LogP contribution in [0.5, 0.6) is 0 Å². The quantitative estimate of drug-likeness (QED) is 0.742. The summed E-state index contributed by atoms with van der Waals surface area (Å²) >= 11 is 0. The molecule has 0 N–H and O–H groups in total. The first-order chi connectivity index (χ1) is 8.31. The van der Waals surface area contributed by atoms with Crippen molar-refractivity contribution in [3.05, 3.63) is 35.9 Å². The molecule has 0 amide bonds. The van der Waals surface area contributed by atoms with Crippen molar-refractivity contribution in [1.82, 2.24) is 0 Å². The Morgan fingerprint density at radius 1 is 1.29 bits per heavy atom. The van der Waals surface area contributed by atoms with Gasteiger partial charge < -0.3 is 4.74 Å². The summed E-state index contributed by atoms with van der Waals surface area (Å²) in [5.41, 5.74) is 1.43. The van der Waals surface area contributed by atoms with Crippen LogP contribution < -0.4 is 0 Å². The minimum absolute atomic E-state index is 0.0799. The molecule has 0 spiro atoms. The predicted octanol–water partition coefficient (Wildman–Crippen LogP) is 3.52. The molecule has 92 valence electrons. The molecule has 0 heterocycles. The second-order valence-corrected chi connectivity index (χ2v) is 4.82. The molecule has 1 fully saturated rings. The van der Waals surface area contributed by atoms with Crippen LogP contribution in [0.15, 0.2) is 30.3 Å². The van der Waals surface area contributed by atoms with E-state index in [9.17, 15) is 4.79 Å². The van der Waals surface area contributed by atoms with E-state index in [1.807, 2.05) is 0 Å². The summed E-state index contributed by atoms with van der Waals surface area (Å²) in [6.07, 6.45) is 5.31. The lowest BCUT2D eigenvalue weighted by Crippen LogP contribution is -2.09. The van der Waals surface area contributed by atoms with Gasteiger partial charge in [-0.3, -0.25) is 4.79 Å². The largest absolute Gasteiger partial charge is 0.469 e. The highest BCUT2D eigenvalue weighted by molar-refractivity contribution is 5.69. The third-order valence-corrected chi connectivity index (χ3v) is 3.83. The van der Waals surface area contributed by atoms with Crippen LogP contribution in [0.2, 0.25) is 0 Å². The van der Waals surface area contributed by atoms with Crippen molar-refractivity contribution in [1.29, 1.82) is 0 Å². The van der Waals surface area contributed by atoms with Gasteiger partial charge in [-0.15, -0.1) is 0 Å². The minimum atomic E-state index is -0.0799. The second-order valence-electron chi connectivity index (χ2n) is 4.82. The van der Waals surface area contributed by atoms with Crippen LogP contribution in [0.1, 0.15) is 43.6 Å². The molecule has 2 rings (SSSR count). The van der Waals surface area contributed by atoms with Crippen molar-refractivity contribution in [2.24, 2.45) is 5.92 Å². The van der Waals surface area contributed by atoms with E-state index in [-0.39, 0.29) is 5.97 Å². The standard InChI is InChI=1S/C15H20O2/c1-17-15(16)11-10-13-8-5-9-14(13)12-6-3-2-4-7-12/h2-4,6-7,13-14H,5,8-11H2,1H3/t13-,14-/m0/s1. The first kappa shape index (κ1) is 12.2. The van der Waals surface area contributed by atoms with E-state index >= 15 is 0 Å².